The van der Waals surface area contributed by atoms with Crippen molar-refractivity contribution in [1.29, 1.82) is 0 Å². The molecule has 11 heavy (non-hydrogen) atoms. The van der Waals surface area contributed by atoms with Crippen LogP contribution in [0, 0.1) is 0 Å². The summed E-state index contributed by atoms with van der Waals surface area (Å²) >= 11 is 3.47. The van der Waals surface area contributed by atoms with Gasteiger partial charge in [-0.25, -0.2) is 0 Å². The van der Waals surface area contributed by atoms with E-state index < -0.39 is 16.3 Å². The van der Waals surface area contributed by atoms with E-state index in [1.807, 2.05) is 0 Å². The van der Waals surface area contributed by atoms with Gasteiger partial charge < -0.3 is 17.3 Å². The van der Waals surface area contributed by atoms with Crippen LogP contribution >= 0.6 is 0 Å². The standard InChI is InChI=1S/BF4.Li.H2O3S2/c2-1(3,4)5;;1-5(2,3)4/h;;(H2,1,2,3,4)/q-1;+1;. The van der Waals surface area contributed by atoms with Crippen LogP contribution in [0.5, 0.6) is 0 Å². The van der Waals surface area contributed by atoms with Crippen LogP contribution in [0.3, 0.4) is 0 Å². The summed E-state index contributed by atoms with van der Waals surface area (Å²) in [5, 5.41) is 0. The summed E-state index contributed by atoms with van der Waals surface area (Å²) in [7, 11) is -9.83. The molecule has 0 heterocycles. The SMILES string of the molecule is F[B-](F)(F)F.O=S(O)(O)=S.[Li+]. The predicted molar refractivity (Wildman–Crippen MR) is 31.0 cm³/mol. The molecule has 0 aromatic heterocycles. The summed E-state index contributed by atoms with van der Waals surface area (Å²) in [6, 6.07) is 0. The average molecular weight is 208 g/mol. The molecule has 0 radical (unpaired) electrons. The molecule has 0 bridgehead atoms. The van der Waals surface area contributed by atoms with E-state index >= 15 is 0 Å². The largest absolute Gasteiger partial charge is 1.00 e. The monoisotopic (exact) mass is 208 g/mol. The van der Waals surface area contributed by atoms with Crippen molar-refractivity contribution in [1.82, 2.24) is 0 Å². The molecular weight excluding hydrogens is 206 g/mol. The van der Waals surface area contributed by atoms with Crippen molar-refractivity contribution in [3.8, 4) is 0 Å². The average Bonchev–Trinajstić information content (AvgIpc) is 1.12. The molecule has 11 heteroatoms. The maximum Gasteiger partial charge on any atom is 1.00 e. The second-order valence-corrected chi connectivity index (χ2v) is 3.14. The van der Waals surface area contributed by atoms with Gasteiger partial charge in [0.15, 0.2) is 0 Å². The van der Waals surface area contributed by atoms with E-state index in [0.717, 1.165) is 0 Å². The van der Waals surface area contributed by atoms with Crippen LogP contribution in [0.4, 0.5) is 17.3 Å². The number of hydrogen-bond donors (Lipinski definition) is 2. The number of hydrogen-bond acceptors (Lipinski definition) is 2. The van der Waals surface area contributed by atoms with Gasteiger partial charge in [0.25, 0.3) is 9.05 Å². The first-order valence-electron chi connectivity index (χ1n) is 1.57. The normalized spacial score (nSPS) is 10.7. The van der Waals surface area contributed by atoms with Gasteiger partial charge in [0, 0.05) is 11.2 Å². The smallest absolute Gasteiger partial charge is 0.418 e. The number of halogens is 4. The Morgan fingerprint density at radius 2 is 1.18 bits per heavy atom. The third-order valence-corrected chi connectivity index (χ3v) is 0. The van der Waals surface area contributed by atoms with Gasteiger partial charge in [-0.2, -0.15) is 4.21 Å². The van der Waals surface area contributed by atoms with Crippen LogP contribution in [0.15, 0.2) is 0 Å². The summed E-state index contributed by atoms with van der Waals surface area (Å²) in [5.41, 5.74) is 0. The van der Waals surface area contributed by atoms with E-state index in [2.05, 4.69) is 11.2 Å². The Morgan fingerprint density at radius 3 is 1.18 bits per heavy atom. The Kier molecular flexibility index (Phi) is 9.99. The van der Waals surface area contributed by atoms with Crippen molar-refractivity contribution < 1.29 is 49.4 Å². The van der Waals surface area contributed by atoms with Gasteiger partial charge >= 0.3 is 26.1 Å². The zero-order valence-corrected chi connectivity index (χ0v) is 6.84. The maximum absolute atomic E-state index is 9.75. The minimum absolute atomic E-state index is 0. The number of rotatable bonds is 0. The molecule has 0 aliphatic rings. The molecule has 0 aliphatic heterocycles. The van der Waals surface area contributed by atoms with Gasteiger partial charge in [-0.3, -0.25) is 9.11 Å². The molecule has 0 aliphatic carbocycles. The summed E-state index contributed by atoms with van der Waals surface area (Å²) in [6.07, 6.45) is 0. The molecule has 0 atom stereocenters. The van der Waals surface area contributed by atoms with Gasteiger partial charge in [-0.15, -0.1) is 0 Å². The van der Waals surface area contributed by atoms with Gasteiger partial charge in [0.2, 0.25) is 0 Å². The Labute approximate surface area is 77.2 Å². The van der Waals surface area contributed by atoms with Crippen molar-refractivity contribution in [3.05, 3.63) is 0 Å². The third kappa shape index (κ3) is 1780. The quantitative estimate of drug-likeness (QED) is 0.356. The molecule has 64 valence electrons. The van der Waals surface area contributed by atoms with E-state index in [1.165, 1.54) is 0 Å². The van der Waals surface area contributed by atoms with Crippen LogP contribution in [-0.2, 0) is 20.2 Å². The topological polar surface area (TPSA) is 57.5 Å². The maximum atomic E-state index is 9.75. The molecule has 0 saturated heterocycles. The fraction of sp³-hybridized carbons (Fsp3) is 0. The summed E-state index contributed by atoms with van der Waals surface area (Å²) in [6.45, 7) is 0. The van der Waals surface area contributed by atoms with E-state index in [0.29, 0.717) is 0 Å². The molecule has 2 N–H and O–H groups in total. The molecular formula is H2BF4LiO3S2. The molecule has 0 aromatic carbocycles. The molecule has 0 aromatic rings. The first-order chi connectivity index (χ1) is 4.00. The minimum Gasteiger partial charge on any atom is -0.418 e. The third-order valence-electron chi connectivity index (χ3n) is 0. The Bertz CT molecular complexity index is 158. The Morgan fingerprint density at radius 1 is 1.18 bits per heavy atom. The Hall–Kier alpha value is 0.672. The zero-order valence-electron chi connectivity index (χ0n) is 5.21. The van der Waals surface area contributed by atoms with E-state index in [4.69, 9.17) is 13.3 Å². The van der Waals surface area contributed by atoms with Crippen molar-refractivity contribution >= 4 is 27.5 Å². The van der Waals surface area contributed by atoms with E-state index in [1.54, 1.807) is 0 Å². The summed E-state index contributed by atoms with van der Waals surface area (Å²) in [4.78, 5) is 0. The van der Waals surface area contributed by atoms with Crippen LogP contribution in [0.2, 0.25) is 0 Å². The van der Waals surface area contributed by atoms with Crippen LogP contribution < -0.4 is 18.9 Å². The van der Waals surface area contributed by atoms with Crippen molar-refractivity contribution in [3.63, 3.8) is 0 Å². The molecule has 3 nitrogen and oxygen atoms in total. The van der Waals surface area contributed by atoms with Gasteiger partial charge in [0.05, 0.1) is 0 Å². The molecule has 0 amide bonds. The van der Waals surface area contributed by atoms with Crippen molar-refractivity contribution in [2.75, 3.05) is 0 Å². The van der Waals surface area contributed by atoms with Crippen LogP contribution in [0.25, 0.3) is 0 Å². The van der Waals surface area contributed by atoms with Gasteiger partial charge in [-0.1, -0.05) is 0 Å². The summed E-state index contributed by atoms with van der Waals surface area (Å²) < 4.78 is 63.0. The van der Waals surface area contributed by atoms with Gasteiger partial charge in [-0.05, 0) is 0 Å². The van der Waals surface area contributed by atoms with Crippen molar-refractivity contribution in [2.45, 2.75) is 0 Å². The van der Waals surface area contributed by atoms with Crippen molar-refractivity contribution in [2.24, 2.45) is 0 Å². The molecule has 0 fully saturated rings. The Balaban J connectivity index is -0.000000107. The van der Waals surface area contributed by atoms with Crippen LogP contribution in [-0.4, -0.2) is 20.6 Å². The predicted octanol–water partition coefficient (Wildman–Crippen LogP) is -2.02. The minimum atomic E-state index is -6.00. The molecule has 0 unspecified atom stereocenters. The van der Waals surface area contributed by atoms with E-state index in [-0.39, 0.29) is 18.9 Å². The molecule has 0 saturated carbocycles. The second kappa shape index (κ2) is 6.22. The zero-order chi connectivity index (χ0) is 9.00. The second-order valence-electron chi connectivity index (χ2n) is 0.943. The first-order valence-corrected chi connectivity index (χ1v) is 3.97. The van der Waals surface area contributed by atoms with Crippen LogP contribution in [0.1, 0.15) is 0 Å². The summed E-state index contributed by atoms with van der Waals surface area (Å²) in [5.74, 6) is 0. The first kappa shape index (κ1) is 17.7. The van der Waals surface area contributed by atoms with E-state index in [9.17, 15) is 17.3 Å². The molecule has 0 spiro atoms. The van der Waals surface area contributed by atoms with Gasteiger partial charge in [0.1, 0.15) is 0 Å². The molecule has 0 rings (SSSR count). The fourth-order valence-corrected chi connectivity index (χ4v) is 0. The fourth-order valence-electron chi connectivity index (χ4n) is 0.